The number of aromatic nitrogens is 2. The quantitative estimate of drug-likeness (QED) is 0.775. The predicted molar refractivity (Wildman–Crippen MR) is 56.9 cm³/mol. The lowest BCUT2D eigenvalue weighted by Crippen LogP contribution is -2.28. The number of nitrogens with zero attached hydrogens (tertiary/aromatic N) is 3. The van der Waals surface area contributed by atoms with E-state index in [2.05, 4.69) is 9.97 Å². The van der Waals surface area contributed by atoms with Crippen molar-refractivity contribution in [3.05, 3.63) is 11.5 Å². The van der Waals surface area contributed by atoms with Gasteiger partial charge in [-0.3, -0.25) is 4.90 Å². The standard InChI is InChI=1S/C8H11ClN4O2/c1-3-15-8(14)13(2)5-4-11-7(9)12-6(5)10/h4H,3H2,1-2H3,(H2,10,11,12). The Hall–Kier alpha value is -1.56. The van der Waals surface area contributed by atoms with E-state index in [1.54, 1.807) is 6.92 Å². The summed E-state index contributed by atoms with van der Waals surface area (Å²) >= 11 is 5.53. The van der Waals surface area contributed by atoms with E-state index in [1.165, 1.54) is 18.1 Å². The highest BCUT2D eigenvalue weighted by molar-refractivity contribution is 6.28. The van der Waals surface area contributed by atoms with Gasteiger partial charge in [0, 0.05) is 7.05 Å². The van der Waals surface area contributed by atoms with Gasteiger partial charge in [-0.2, -0.15) is 4.98 Å². The zero-order chi connectivity index (χ0) is 11.4. The van der Waals surface area contributed by atoms with Crippen molar-refractivity contribution < 1.29 is 9.53 Å². The van der Waals surface area contributed by atoms with Gasteiger partial charge in [-0.05, 0) is 18.5 Å². The van der Waals surface area contributed by atoms with Crippen molar-refractivity contribution in [3.8, 4) is 0 Å². The Balaban J connectivity index is 2.91. The fourth-order valence-corrected chi connectivity index (χ4v) is 1.08. The van der Waals surface area contributed by atoms with E-state index >= 15 is 0 Å². The Bertz CT molecular complexity index is 372. The average molecular weight is 231 g/mol. The summed E-state index contributed by atoms with van der Waals surface area (Å²) in [6.45, 7) is 2.00. The summed E-state index contributed by atoms with van der Waals surface area (Å²) < 4.78 is 4.79. The minimum Gasteiger partial charge on any atom is -0.449 e. The molecule has 0 unspecified atom stereocenters. The van der Waals surface area contributed by atoms with Crippen LogP contribution in [-0.4, -0.2) is 29.7 Å². The van der Waals surface area contributed by atoms with Crippen LogP contribution < -0.4 is 10.6 Å². The van der Waals surface area contributed by atoms with Crippen LogP contribution in [0.15, 0.2) is 6.20 Å². The van der Waals surface area contributed by atoms with E-state index in [-0.39, 0.29) is 17.7 Å². The van der Waals surface area contributed by atoms with Gasteiger partial charge in [0.05, 0.1) is 12.8 Å². The summed E-state index contributed by atoms with van der Waals surface area (Å²) in [7, 11) is 1.51. The first-order valence-corrected chi connectivity index (χ1v) is 4.62. The highest BCUT2D eigenvalue weighted by Crippen LogP contribution is 2.20. The molecule has 0 fully saturated rings. The summed E-state index contributed by atoms with van der Waals surface area (Å²) in [6, 6.07) is 0. The number of nitrogen functional groups attached to an aromatic ring is 1. The van der Waals surface area contributed by atoms with E-state index < -0.39 is 6.09 Å². The summed E-state index contributed by atoms with van der Waals surface area (Å²) in [5, 5.41) is 0.0357. The second kappa shape index (κ2) is 4.79. The molecule has 0 aliphatic rings. The first-order chi connectivity index (χ1) is 7.06. The summed E-state index contributed by atoms with van der Waals surface area (Å²) in [5.74, 6) is 0.130. The van der Waals surface area contributed by atoms with Crippen LogP contribution in [0.3, 0.4) is 0 Å². The van der Waals surface area contributed by atoms with Crippen molar-refractivity contribution in [3.63, 3.8) is 0 Å². The van der Waals surface area contributed by atoms with Crippen molar-refractivity contribution in [2.24, 2.45) is 0 Å². The van der Waals surface area contributed by atoms with Gasteiger partial charge in [-0.25, -0.2) is 9.78 Å². The molecule has 1 heterocycles. The lowest BCUT2D eigenvalue weighted by Gasteiger charge is -2.16. The zero-order valence-corrected chi connectivity index (χ0v) is 9.15. The van der Waals surface area contributed by atoms with Crippen LogP contribution in [0, 0.1) is 0 Å². The molecule has 0 aliphatic carbocycles. The number of amides is 1. The maximum Gasteiger partial charge on any atom is 0.414 e. The smallest absolute Gasteiger partial charge is 0.414 e. The van der Waals surface area contributed by atoms with Gasteiger partial charge in [0.2, 0.25) is 5.28 Å². The summed E-state index contributed by atoms with van der Waals surface area (Å²) in [4.78, 5) is 20.0. The van der Waals surface area contributed by atoms with E-state index in [1.807, 2.05) is 0 Å². The molecule has 0 radical (unpaired) electrons. The number of nitrogens with two attached hydrogens (primary N) is 1. The van der Waals surface area contributed by atoms with Crippen molar-refractivity contribution in [1.29, 1.82) is 0 Å². The molecule has 0 saturated heterocycles. The molecule has 0 saturated carbocycles. The third-order valence-electron chi connectivity index (χ3n) is 1.67. The minimum atomic E-state index is -0.518. The van der Waals surface area contributed by atoms with Crippen molar-refractivity contribution in [1.82, 2.24) is 9.97 Å². The number of halogens is 1. The summed E-state index contributed by atoms with van der Waals surface area (Å²) in [6.07, 6.45) is 0.844. The van der Waals surface area contributed by atoms with Gasteiger partial charge in [0.25, 0.3) is 0 Å². The van der Waals surface area contributed by atoms with Crippen LogP contribution in [0.1, 0.15) is 6.92 Å². The van der Waals surface area contributed by atoms with E-state index in [4.69, 9.17) is 22.1 Å². The monoisotopic (exact) mass is 230 g/mol. The Morgan fingerprint density at radius 1 is 1.73 bits per heavy atom. The highest BCUT2D eigenvalue weighted by Gasteiger charge is 2.15. The topological polar surface area (TPSA) is 81.3 Å². The molecule has 1 rings (SSSR count). The maximum atomic E-state index is 11.3. The Labute approximate surface area is 92.0 Å². The molecular weight excluding hydrogens is 220 g/mol. The summed E-state index contributed by atoms with van der Waals surface area (Å²) in [5.41, 5.74) is 5.93. The number of anilines is 2. The molecule has 15 heavy (non-hydrogen) atoms. The lowest BCUT2D eigenvalue weighted by atomic mass is 10.4. The predicted octanol–water partition coefficient (Wildman–Crippen LogP) is 1.30. The molecule has 0 atom stereocenters. The third kappa shape index (κ3) is 2.69. The number of carbonyl (C=O) groups excluding carboxylic acids is 1. The van der Waals surface area contributed by atoms with E-state index in [0.29, 0.717) is 5.69 Å². The highest BCUT2D eigenvalue weighted by atomic mass is 35.5. The van der Waals surface area contributed by atoms with Crippen LogP contribution in [-0.2, 0) is 4.74 Å². The van der Waals surface area contributed by atoms with Crippen molar-refractivity contribution in [2.45, 2.75) is 6.92 Å². The molecule has 0 bridgehead atoms. The molecule has 82 valence electrons. The van der Waals surface area contributed by atoms with Gasteiger partial charge >= 0.3 is 6.09 Å². The number of rotatable bonds is 2. The number of hydrogen-bond acceptors (Lipinski definition) is 5. The Morgan fingerprint density at radius 2 is 2.40 bits per heavy atom. The molecule has 1 amide bonds. The van der Waals surface area contributed by atoms with Crippen LogP contribution >= 0.6 is 11.6 Å². The fraction of sp³-hybridized carbons (Fsp3) is 0.375. The first-order valence-electron chi connectivity index (χ1n) is 4.24. The number of carbonyl (C=O) groups is 1. The largest absolute Gasteiger partial charge is 0.449 e. The van der Waals surface area contributed by atoms with Crippen molar-refractivity contribution >= 4 is 29.2 Å². The Morgan fingerprint density at radius 3 is 2.93 bits per heavy atom. The molecule has 2 N–H and O–H groups in total. The lowest BCUT2D eigenvalue weighted by molar-refractivity contribution is 0.161. The van der Waals surface area contributed by atoms with Crippen molar-refractivity contribution in [2.75, 3.05) is 24.3 Å². The third-order valence-corrected chi connectivity index (χ3v) is 1.85. The van der Waals surface area contributed by atoms with Crippen LogP contribution in [0.25, 0.3) is 0 Å². The van der Waals surface area contributed by atoms with Gasteiger partial charge in [0.15, 0.2) is 5.82 Å². The normalized spacial score (nSPS) is 9.80. The second-order valence-corrected chi connectivity index (χ2v) is 3.01. The molecule has 1 aromatic heterocycles. The molecular formula is C8H11ClN4O2. The SMILES string of the molecule is CCOC(=O)N(C)c1cnc(Cl)nc1N. The molecule has 7 heteroatoms. The number of ether oxygens (including phenoxy) is 1. The van der Waals surface area contributed by atoms with Gasteiger partial charge in [-0.1, -0.05) is 0 Å². The molecule has 0 aliphatic heterocycles. The maximum absolute atomic E-state index is 11.3. The van der Waals surface area contributed by atoms with Crippen LogP contribution in [0.2, 0.25) is 5.28 Å². The molecule has 6 nitrogen and oxygen atoms in total. The second-order valence-electron chi connectivity index (χ2n) is 2.67. The molecule has 0 spiro atoms. The van der Waals surface area contributed by atoms with E-state index in [9.17, 15) is 4.79 Å². The van der Waals surface area contributed by atoms with Gasteiger partial charge in [-0.15, -0.1) is 0 Å². The molecule has 1 aromatic rings. The first kappa shape index (κ1) is 11.5. The van der Waals surface area contributed by atoms with Crippen LogP contribution in [0.4, 0.5) is 16.3 Å². The fourth-order valence-electron chi connectivity index (χ4n) is 0.943. The zero-order valence-electron chi connectivity index (χ0n) is 8.40. The number of hydrogen-bond donors (Lipinski definition) is 1. The molecule has 0 aromatic carbocycles. The minimum absolute atomic E-state index is 0.0357. The van der Waals surface area contributed by atoms with Gasteiger partial charge < -0.3 is 10.5 Å². The van der Waals surface area contributed by atoms with E-state index in [0.717, 1.165) is 0 Å². The Kier molecular flexibility index (Phi) is 3.68. The average Bonchev–Trinajstić information content (AvgIpc) is 2.17. The van der Waals surface area contributed by atoms with Crippen LogP contribution in [0.5, 0.6) is 0 Å². The van der Waals surface area contributed by atoms with Gasteiger partial charge in [0.1, 0.15) is 5.69 Å².